The van der Waals surface area contributed by atoms with Gasteiger partial charge in [0.2, 0.25) is 0 Å². The number of pyridine rings is 2. The van der Waals surface area contributed by atoms with Crippen LogP contribution in [-0.4, -0.2) is 45.0 Å². The first-order valence-corrected chi connectivity index (χ1v) is 27.8. The molecule has 6 aromatic rings. The van der Waals surface area contributed by atoms with Crippen LogP contribution >= 0.6 is 0 Å². The third-order valence-corrected chi connectivity index (χ3v) is 12.6. The third kappa shape index (κ3) is 15.8. The number of rotatable bonds is 11. The molecule has 3 unspecified atom stereocenters. The van der Waals surface area contributed by atoms with E-state index in [9.17, 15) is 0 Å². The van der Waals surface area contributed by atoms with Crippen LogP contribution in [0.3, 0.4) is 0 Å². The van der Waals surface area contributed by atoms with Crippen molar-refractivity contribution < 1.29 is 0 Å². The van der Waals surface area contributed by atoms with Gasteiger partial charge in [0.1, 0.15) is 5.69 Å². The lowest BCUT2D eigenvalue weighted by molar-refractivity contribution is 0.306. The number of likely N-dealkylation sites (N-methyl/N-ethyl adjacent to an activating group) is 2. The molecule has 3 aromatic carbocycles. The van der Waals surface area contributed by atoms with Crippen molar-refractivity contribution in [1.29, 1.82) is 0 Å². The summed E-state index contributed by atoms with van der Waals surface area (Å²) in [6, 6.07) is 32.9. The summed E-state index contributed by atoms with van der Waals surface area (Å²) < 4.78 is 0. The topological polar surface area (TPSA) is 66.8 Å². The SMILES string of the molecule is C=C(/C=C\C)/C=C\C.C=C/C=C(\C=C/C)c1cc(C2=CCCC=C2)nc(-c2ccc3cc(-c4ccc5nc(-c6ccc(C7C=CC8=C(C(NC)CC(C)C=C8)N7C)cc6)ccc5c4)ccc3n2)n1.CC.CC.CC.CC. The number of hydrogen-bond acceptors (Lipinski definition) is 6. The summed E-state index contributed by atoms with van der Waals surface area (Å²) in [4.78, 5) is 22.6. The van der Waals surface area contributed by atoms with Gasteiger partial charge in [0, 0.05) is 35.1 Å². The standard InChI is InChI=1S/C54H50N6.C8H12.4C2H6/c1-6-11-36(12-7-2)49-34-50(37-13-9-8-10-14-37)59-54(58-49)48-29-24-44-33-42(22-27-47(44)57-48)41-21-26-46-43(32-41)23-28-45(56-46)38-17-19-39(20-18-38)52-30-25-40-16-15-35(3)31-51(55-4)53(40)60(52)5;1-4-6-8(3)7-5-2;4*1-2/h6-7,9,11-30,32-35,51-52,55H,1,8,10,31H2,2-5H3;4-7H,3H2,1-2H3;4*1-2H3/b12-7-,36-11+;6-4-,7-5-;;;;. The second-order valence-corrected chi connectivity index (χ2v) is 17.5. The lowest BCUT2D eigenvalue weighted by Gasteiger charge is -2.38. The first-order valence-electron chi connectivity index (χ1n) is 27.8. The number of aromatic nitrogens is 4. The van der Waals surface area contributed by atoms with Crippen molar-refractivity contribution in [2.75, 3.05) is 14.1 Å². The molecule has 0 saturated heterocycles. The number of fused-ring (bicyclic) bond motifs is 2. The largest absolute Gasteiger partial charge is 0.366 e. The van der Waals surface area contributed by atoms with Crippen LogP contribution in [0.2, 0.25) is 0 Å². The van der Waals surface area contributed by atoms with Crippen molar-refractivity contribution in [3.63, 3.8) is 0 Å². The van der Waals surface area contributed by atoms with Gasteiger partial charge in [-0.05, 0) is 134 Å². The molecule has 0 spiro atoms. The Bertz CT molecular complexity index is 3120. The number of nitrogens with one attached hydrogen (secondary N) is 1. The molecule has 6 nitrogen and oxygen atoms in total. The molecule has 76 heavy (non-hydrogen) atoms. The van der Waals surface area contributed by atoms with Gasteiger partial charge in [-0.15, -0.1) is 0 Å². The lowest BCUT2D eigenvalue weighted by atomic mass is 9.93. The average molecular weight is 1010 g/mol. The Morgan fingerprint density at radius 2 is 1.21 bits per heavy atom. The number of allylic oxidation sites excluding steroid dienone is 18. The maximum Gasteiger partial charge on any atom is 0.179 e. The van der Waals surface area contributed by atoms with Gasteiger partial charge in [0.25, 0.3) is 0 Å². The number of hydrogen-bond donors (Lipinski definition) is 1. The van der Waals surface area contributed by atoms with Gasteiger partial charge >= 0.3 is 0 Å². The quantitative estimate of drug-likeness (QED) is 0.130. The summed E-state index contributed by atoms with van der Waals surface area (Å²) >= 11 is 0. The molecule has 1 aliphatic heterocycles. The lowest BCUT2D eigenvalue weighted by Crippen LogP contribution is -2.39. The Morgan fingerprint density at radius 1 is 0.632 bits per heavy atom. The smallest absolute Gasteiger partial charge is 0.179 e. The van der Waals surface area contributed by atoms with E-state index in [2.05, 4.69) is 172 Å². The zero-order valence-electron chi connectivity index (χ0n) is 48.3. The molecule has 2 aliphatic carbocycles. The van der Waals surface area contributed by atoms with Crippen LogP contribution in [0.5, 0.6) is 0 Å². The second-order valence-electron chi connectivity index (χ2n) is 17.5. The summed E-state index contributed by atoms with van der Waals surface area (Å²) in [6.07, 6.45) is 34.7. The van der Waals surface area contributed by atoms with E-state index in [-0.39, 0.29) is 6.04 Å². The number of nitrogens with zero attached hydrogens (tertiary/aromatic N) is 5. The molecule has 3 aromatic heterocycles. The van der Waals surface area contributed by atoms with Crippen molar-refractivity contribution >= 4 is 33.0 Å². The molecule has 0 bridgehead atoms. The van der Waals surface area contributed by atoms with Crippen LogP contribution in [0.25, 0.3) is 66.9 Å². The predicted molar refractivity (Wildman–Crippen MR) is 335 cm³/mol. The van der Waals surface area contributed by atoms with E-state index in [1.54, 1.807) is 6.08 Å². The first-order chi connectivity index (χ1) is 37.2. The maximum absolute atomic E-state index is 5.10. The molecular weight excluding hydrogens is 925 g/mol. The molecule has 0 saturated carbocycles. The zero-order chi connectivity index (χ0) is 55.6. The van der Waals surface area contributed by atoms with Crippen LogP contribution < -0.4 is 5.32 Å². The van der Waals surface area contributed by atoms with Gasteiger partial charge in [-0.1, -0.05) is 215 Å². The van der Waals surface area contributed by atoms with E-state index in [1.807, 2.05) is 125 Å². The highest BCUT2D eigenvalue weighted by Crippen LogP contribution is 2.37. The monoisotopic (exact) mass is 1010 g/mol. The Labute approximate surface area is 458 Å². The molecule has 0 fully saturated rings. The van der Waals surface area contributed by atoms with E-state index in [0.29, 0.717) is 17.8 Å². The molecule has 0 radical (unpaired) electrons. The normalized spacial score (nSPS) is 16.7. The molecule has 3 aliphatic rings. The van der Waals surface area contributed by atoms with Crippen molar-refractivity contribution in [1.82, 2.24) is 30.2 Å². The first kappa shape index (κ1) is 61.0. The maximum atomic E-state index is 5.10. The highest BCUT2D eigenvalue weighted by molar-refractivity contribution is 5.90. The Balaban J connectivity index is 0.000000696. The molecule has 1 N–H and O–H groups in total. The van der Waals surface area contributed by atoms with Crippen molar-refractivity contribution in [3.8, 4) is 33.9 Å². The fraction of sp³-hybridized carbons (Fsp3) is 0.286. The predicted octanol–water partition coefficient (Wildman–Crippen LogP) is 19.2. The molecule has 4 heterocycles. The van der Waals surface area contributed by atoms with Gasteiger partial charge in [-0.2, -0.15) is 0 Å². The van der Waals surface area contributed by atoms with E-state index < -0.39 is 0 Å². The van der Waals surface area contributed by atoms with Crippen LogP contribution in [0.4, 0.5) is 0 Å². The fourth-order valence-electron chi connectivity index (χ4n) is 9.19. The minimum Gasteiger partial charge on any atom is -0.366 e. The van der Waals surface area contributed by atoms with Gasteiger partial charge in [-0.25, -0.2) is 19.9 Å². The van der Waals surface area contributed by atoms with Crippen molar-refractivity contribution in [2.24, 2.45) is 5.92 Å². The Kier molecular flexibility index (Phi) is 25.7. The third-order valence-electron chi connectivity index (χ3n) is 12.6. The van der Waals surface area contributed by atoms with Crippen LogP contribution in [-0.2, 0) is 0 Å². The zero-order valence-corrected chi connectivity index (χ0v) is 48.3. The number of benzene rings is 3. The second kappa shape index (κ2) is 32.0. The van der Waals surface area contributed by atoms with Crippen molar-refractivity contribution in [3.05, 3.63) is 229 Å². The summed E-state index contributed by atoms with van der Waals surface area (Å²) in [7, 11) is 4.29. The summed E-state index contributed by atoms with van der Waals surface area (Å²) in [5.41, 5.74) is 15.7. The van der Waals surface area contributed by atoms with Crippen molar-refractivity contribution in [2.45, 2.75) is 114 Å². The highest BCUT2D eigenvalue weighted by atomic mass is 15.2. The van der Waals surface area contributed by atoms with Crippen LogP contribution in [0.15, 0.2) is 212 Å². The van der Waals surface area contributed by atoms with Gasteiger partial charge in [-0.3, -0.25) is 0 Å². The van der Waals surface area contributed by atoms with Gasteiger partial charge < -0.3 is 10.2 Å². The minimum atomic E-state index is 0.175. The molecule has 3 atom stereocenters. The van der Waals surface area contributed by atoms with Gasteiger partial charge in [0.05, 0.1) is 34.2 Å². The van der Waals surface area contributed by atoms with Crippen LogP contribution in [0.1, 0.15) is 125 Å². The Hall–Kier alpha value is -7.54. The van der Waals surface area contributed by atoms with E-state index in [1.165, 1.54) is 16.8 Å². The Morgan fingerprint density at radius 3 is 1.78 bits per heavy atom. The average Bonchev–Trinajstić information content (AvgIpc) is 3.67. The summed E-state index contributed by atoms with van der Waals surface area (Å²) in [5.74, 6) is 1.13. The van der Waals surface area contributed by atoms with E-state index in [0.717, 1.165) is 97.3 Å². The molecule has 9 rings (SSSR count). The molecular formula is C70H86N6. The minimum absolute atomic E-state index is 0.175. The van der Waals surface area contributed by atoms with Gasteiger partial charge in [0.15, 0.2) is 5.82 Å². The highest BCUT2D eigenvalue weighted by Gasteiger charge is 2.29. The molecule has 6 heteroatoms. The fourth-order valence-corrected chi connectivity index (χ4v) is 9.19. The van der Waals surface area contributed by atoms with E-state index >= 15 is 0 Å². The summed E-state index contributed by atoms with van der Waals surface area (Å²) in [6.45, 7) is 31.9. The molecule has 396 valence electrons. The van der Waals surface area contributed by atoms with E-state index in [4.69, 9.17) is 19.9 Å². The molecule has 0 amide bonds. The van der Waals surface area contributed by atoms with Crippen LogP contribution in [0, 0.1) is 5.92 Å². The summed E-state index contributed by atoms with van der Waals surface area (Å²) in [5, 5.41) is 5.73.